The second-order valence-electron chi connectivity index (χ2n) is 4.05. The number of pyridine rings is 1. The van der Waals surface area contributed by atoms with Gasteiger partial charge in [-0.25, -0.2) is 0 Å². The second kappa shape index (κ2) is 6.15. The Morgan fingerprint density at radius 3 is 2.61 bits per heavy atom. The lowest BCUT2D eigenvalue weighted by atomic mass is 9.96. The van der Waals surface area contributed by atoms with Gasteiger partial charge in [-0.3, -0.25) is 4.98 Å². The zero-order chi connectivity index (χ0) is 13.8. The van der Waals surface area contributed by atoms with Gasteiger partial charge in [-0.15, -0.1) is 0 Å². The van der Waals surface area contributed by atoms with Crippen LogP contribution in [-0.2, 0) is 10.9 Å². The third-order valence-corrected chi connectivity index (χ3v) is 2.79. The van der Waals surface area contributed by atoms with Crippen LogP contribution in [0.2, 0.25) is 0 Å². The molecule has 0 aliphatic carbocycles. The molecule has 1 aromatic heterocycles. The lowest BCUT2D eigenvalue weighted by Crippen LogP contribution is -2.30. The monoisotopic (exact) mass is 262 g/mol. The van der Waals surface area contributed by atoms with Crippen LogP contribution in [0.4, 0.5) is 13.2 Å². The van der Waals surface area contributed by atoms with Crippen molar-refractivity contribution in [1.29, 1.82) is 0 Å². The fraction of sp³-hybridized carbons (Fsp3) is 0.583. The first kappa shape index (κ1) is 14.9. The summed E-state index contributed by atoms with van der Waals surface area (Å²) in [4.78, 5) is 3.72. The SMILES string of the molecule is CCCC(OC)C(N)c1cnccc1C(F)(F)F. The zero-order valence-corrected chi connectivity index (χ0v) is 10.4. The number of nitrogens with two attached hydrogens (primary N) is 1. The number of ether oxygens (including phenoxy) is 1. The van der Waals surface area contributed by atoms with Crippen molar-refractivity contribution < 1.29 is 17.9 Å². The number of hydrogen-bond acceptors (Lipinski definition) is 3. The third-order valence-electron chi connectivity index (χ3n) is 2.79. The molecule has 0 aliphatic heterocycles. The molecule has 2 N–H and O–H groups in total. The van der Waals surface area contributed by atoms with Gasteiger partial charge in [0.1, 0.15) is 0 Å². The Labute approximate surface area is 104 Å². The normalized spacial score (nSPS) is 15.4. The van der Waals surface area contributed by atoms with E-state index in [1.54, 1.807) is 0 Å². The molecule has 0 radical (unpaired) electrons. The van der Waals surface area contributed by atoms with Crippen molar-refractivity contribution in [2.45, 2.75) is 38.1 Å². The molecule has 102 valence electrons. The van der Waals surface area contributed by atoms with Gasteiger partial charge in [0.25, 0.3) is 0 Å². The Bertz CT molecular complexity index is 382. The Morgan fingerprint density at radius 2 is 2.11 bits per heavy atom. The first-order chi connectivity index (χ1) is 8.41. The summed E-state index contributed by atoms with van der Waals surface area (Å²) in [6.45, 7) is 1.92. The summed E-state index contributed by atoms with van der Waals surface area (Å²) in [5, 5.41) is 0. The van der Waals surface area contributed by atoms with E-state index in [0.29, 0.717) is 6.42 Å². The molecule has 1 aromatic rings. The summed E-state index contributed by atoms with van der Waals surface area (Å²) in [5.74, 6) is 0. The molecule has 2 unspecified atom stereocenters. The molecular weight excluding hydrogens is 245 g/mol. The van der Waals surface area contributed by atoms with Crippen molar-refractivity contribution in [3.63, 3.8) is 0 Å². The first-order valence-corrected chi connectivity index (χ1v) is 5.71. The van der Waals surface area contributed by atoms with E-state index in [1.165, 1.54) is 7.11 Å². The summed E-state index contributed by atoms with van der Waals surface area (Å²) in [6.07, 6.45) is -1.21. The molecule has 3 nitrogen and oxygen atoms in total. The summed E-state index contributed by atoms with van der Waals surface area (Å²) < 4.78 is 43.7. The molecule has 18 heavy (non-hydrogen) atoms. The molecule has 0 fully saturated rings. The Morgan fingerprint density at radius 1 is 1.44 bits per heavy atom. The maximum atomic E-state index is 12.8. The van der Waals surface area contributed by atoms with E-state index in [2.05, 4.69) is 4.98 Å². The highest BCUT2D eigenvalue weighted by atomic mass is 19.4. The van der Waals surface area contributed by atoms with Crippen LogP contribution in [0.5, 0.6) is 0 Å². The first-order valence-electron chi connectivity index (χ1n) is 5.71. The van der Waals surface area contributed by atoms with Crippen LogP contribution in [0.1, 0.15) is 36.9 Å². The summed E-state index contributed by atoms with van der Waals surface area (Å²) in [7, 11) is 1.45. The van der Waals surface area contributed by atoms with E-state index in [-0.39, 0.29) is 5.56 Å². The lowest BCUT2D eigenvalue weighted by Gasteiger charge is -2.24. The molecule has 6 heteroatoms. The van der Waals surface area contributed by atoms with Crippen LogP contribution < -0.4 is 5.73 Å². The van der Waals surface area contributed by atoms with Crippen molar-refractivity contribution in [1.82, 2.24) is 4.98 Å². The van der Waals surface area contributed by atoms with Gasteiger partial charge in [0.15, 0.2) is 0 Å². The quantitative estimate of drug-likeness (QED) is 0.887. The summed E-state index contributed by atoms with van der Waals surface area (Å²) in [6, 6.07) is 0.105. The molecule has 0 bridgehead atoms. The molecule has 0 saturated heterocycles. The van der Waals surface area contributed by atoms with Crippen LogP contribution in [0.15, 0.2) is 18.5 Å². The second-order valence-corrected chi connectivity index (χ2v) is 4.05. The number of hydrogen-bond donors (Lipinski definition) is 1. The van der Waals surface area contributed by atoms with E-state index >= 15 is 0 Å². The summed E-state index contributed by atoms with van der Waals surface area (Å²) >= 11 is 0. The van der Waals surface area contributed by atoms with E-state index in [0.717, 1.165) is 24.9 Å². The number of nitrogens with zero attached hydrogens (tertiary/aromatic N) is 1. The van der Waals surface area contributed by atoms with Crippen molar-refractivity contribution in [2.24, 2.45) is 5.73 Å². The fourth-order valence-electron chi connectivity index (χ4n) is 1.86. The van der Waals surface area contributed by atoms with E-state index in [1.807, 2.05) is 6.92 Å². The molecule has 0 amide bonds. The van der Waals surface area contributed by atoms with Crippen LogP contribution >= 0.6 is 0 Å². The molecule has 1 rings (SSSR count). The summed E-state index contributed by atoms with van der Waals surface area (Å²) in [5.41, 5.74) is 5.10. The van der Waals surface area contributed by atoms with Gasteiger partial charge >= 0.3 is 6.18 Å². The predicted octanol–water partition coefficient (Wildman–Crippen LogP) is 2.92. The highest BCUT2D eigenvalue weighted by Crippen LogP contribution is 2.35. The minimum absolute atomic E-state index is 0.0229. The van der Waals surface area contributed by atoms with Gasteiger partial charge in [0.2, 0.25) is 0 Å². The third kappa shape index (κ3) is 3.43. The van der Waals surface area contributed by atoms with E-state index in [9.17, 15) is 13.2 Å². The fourth-order valence-corrected chi connectivity index (χ4v) is 1.86. The highest BCUT2D eigenvalue weighted by molar-refractivity contribution is 5.29. The Kier molecular flexibility index (Phi) is 5.10. The van der Waals surface area contributed by atoms with Gasteiger partial charge in [-0.1, -0.05) is 13.3 Å². The number of methoxy groups -OCH3 is 1. The topological polar surface area (TPSA) is 48.1 Å². The molecule has 0 aliphatic rings. The van der Waals surface area contributed by atoms with Crippen LogP contribution in [0.3, 0.4) is 0 Å². The molecule has 0 saturated carbocycles. The van der Waals surface area contributed by atoms with Gasteiger partial charge in [-0.05, 0) is 12.5 Å². The largest absolute Gasteiger partial charge is 0.416 e. The Hall–Kier alpha value is -1.14. The number of alkyl halides is 3. The van der Waals surface area contributed by atoms with Gasteiger partial charge in [0.05, 0.1) is 17.7 Å². The molecule has 0 spiro atoms. The number of halogens is 3. The van der Waals surface area contributed by atoms with Crippen molar-refractivity contribution in [3.8, 4) is 0 Å². The van der Waals surface area contributed by atoms with Crippen LogP contribution in [0, 0.1) is 0 Å². The average Bonchev–Trinajstić information content (AvgIpc) is 2.34. The number of aromatic nitrogens is 1. The van der Waals surface area contributed by atoms with Crippen molar-refractivity contribution >= 4 is 0 Å². The van der Waals surface area contributed by atoms with Crippen molar-refractivity contribution in [3.05, 3.63) is 29.6 Å². The minimum Gasteiger partial charge on any atom is -0.379 e. The average molecular weight is 262 g/mol. The molecule has 0 aromatic carbocycles. The minimum atomic E-state index is -4.43. The molecule has 1 heterocycles. The van der Waals surface area contributed by atoms with E-state index in [4.69, 9.17) is 10.5 Å². The maximum absolute atomic E-state index is 12.8. The zero-order valence-electron chi connectivity index (χ0n) is 10.4. The highest BCUT2D eigenvalue weighted by Gasteiger charge is 2.36. The Balaban J connectivity index is 3.08. The van der Waals surface area contributed by atoms with Gasteiger partial charge in [0, 0.05) is 25.1 Å². The van der Waals surface area contributed by atoms with Crippen LogP contribution in [-0.4, -0.2) is 18.2 Å². The van der Waals surface area contributed by atoms with E-state index < -0.39 is 23.9 Å². The van der Waals surface area contributed by atoms with Gasteiger partial charge in [-0.2, -0.15) is 13.2 Å². The lowest BCUT2D eigenvalue weighted by molar-refractivity contribution is -0.138. The van der Waals surface area contributed by atoms with Crippen LogP contribution in [0.25, 0.3) is 0 Å². The maximum Gasteiger partial charge on any atom is 0.416 e. The predicted molar refractivity (Wildman–Crippen MR) is 61.9 cm³/mol. The molecular formula is C12H17F3N2O. The standard InChI is InChI=1S/C12H17F3N2O/c1-3-4-10(18-2)11(16)8-7-17-6-5-9(8)12(13,14)15/h5-7,10-11H,3-4,16H2,1-2H3. The smallest absolute Gasteiger partial charge is 0.379 e. The molecule has 2 atom stereocenters. The van der Waals surface area contributed by atoms with Gasteiger partial charge < -0.3 is 10.5 Å². The van der Waals surface area contributed by atoms with Crippen molar-refractivity contribution in [2.75, 3.05) is 7.11 Å². The number of rotatable bonds is 5.